The average Bonchev–Trinajstić information content (AvgIpc) is 3.07. The number of aromatic nitrogens is 3. The van der Waals surface area contributed by atoms with Crippen molar-refractivity contribution in [3.05, 3.63) is 40.1 Å². The zero-order valence-electron chi connectivity index (χ0n) is 13.7. The van der Waals surface area contributed by atoms with Gasteiger partial charge in [-0.25, -0.2) is 4.79 Å². The zero-order chi connectivity index (χ0) is 18.0. The molecule has 0 saturated carbocycles. The van der Waals surface area contributed by atoms with Gasteiger partial charge in [-0.05, 0) is 18.7 Å². The molecule has 10 heteroatoms. The highest BCUT2D eigenvalue weighted by molar-refractivity contribution is 5.91. The van der Waals surface area contributed by atoms with Crippen molar-refractivity contribution in [2.45, 2.75) is 6.92 Å². The molecule has 2 heterocycles. The second-order valence-electron chi connectivity index (χ2n) is 5.66. The van der Waals surface area contributed by atoms with Crippen molar-refractivity contribution in [1.29, 1.82) is 0 Å². The normalized spacial score (nSPS) is 15.3. The van der Waals surface area contributed by atoms with Gasteiger partial charge < -0.3 is 14.9 Å². The monoisotopic (exact) mass is 346 g/mol. The molecule has 3 rings (SSSR count). The Kier molecular flexibility index (Phi) is 4.61. The van der Waals surface area contributed by atoms with Crippen LogP contribution in [0, 0.1) is 10.1 Å². The first kappa shape index (κ1) is 16.8. The van der Waals surface area contributed by atoms with E-state index in [1.54, 1.807) is 0 Å². The fraction of sp³-hybridized carbons (Fsp3) is 0.400. The maximum Gasteiger partial charge on any atom is 0.360 e. The Hall–Kier alpha value is -3.01. The molecule has 1 aromatic carbocycles. The van der Waals surface area contributed by atoms with Crippen molar-refractivity contribution in [2.24, 2.45) is 0 Å². The van der Waals surface area contributed by atoms with Crippen LogP contribution in [0.1, 0.15) is 17.4 Å². The molecule has 0 aliphatic carbocycles. The third-order valence-corrected chi connectivity index (χ3v) is 4.21. The molecule has 0 spiro atoms. The van der Waals surface area contributed by atoms with Crippen LogP contribution >= 0.6 is 0 Å². The number of nitro groups is 1. The smallest absolute Gasteiger partial charge is 0.360 e. The van der Waals surface area contributed by atoms with Crippen LogP contribution in [0.15, 0.2) is 24.3 Å². The lowest BCUT2D eigenvalue weighted by atomic mass is 10.3. The second kappa shape index (κ2) is 6.85. The van der Waals surface area contributed by atoms with Crippen molar-refractivity contribution >= 4 is 17.5 Å². The molecule has 0 amide bonds. The number of benzene rings is 1. The summed E-state index contributed by atoms with van der Waals surface area (Å²) in [5.74, 6) is -0.831. The summed E-state index contributed by atoms with van der Waals surface area (Å²) in [6.07, 6.45) is 0. The van der Waals surface area contributed by atoms with Gasteiger partial charge in [0, 0.05) is 38.3 Å². The Morgan fingerprint density at radius 1 is 1.20 bits per heavy atom. The van der Waals surface area contributed by atoms with E-state index in [4.69, 9.17) is 0 Å². The number of nitro benzene ring substituents is 1. The molecule has 0 radical (unpaired) electrons. The predicted molar refractivity (Wildman–Crippen MR) is 89.3 cm³/mol. The molecule has 0 bridgehead atoms. The van der Waals surface area contributed by atoms with E-state index in [9.17, 15) is 20.0 Å². The fourth-order valence-corrected chi connectivity index (χ4v) is 2.75. The number of carboxylic acids is 1. The maximum absolute atomic E-state index is 11.5. The van der Waals surface area contributed by atoms with Crippen molar-refractivity contribution in [3.63, 3.8) is 0 Å². The lowest BCUT2D eigenvalue weighted by Crippen LogP contribution is -2.46. The van der Waals surface area contributed by atoms with Gasteiger partial charge in [-0.1, -0.05) is 6.92 Å². The zero-order valence-corrected chi connectivity index (χ0v) is 13.7. The maximum atomic E-state index is 11.5. The van der Waals surface area contributed by atoms with Crippen molar-refractivity contribution < 1.29 is 14.8 Å². The molecule has 1 N–H and O–H groups in total. The molecule has 2 aromatic rings. The molecule has 0 atom stereocenters. The Balaban J connectivity index is 1.89. The van der Waals surface area contributed by atoms with Gasteiger partial charge in [-0.15, -0.1) is 15.0 Å². The van der Waals surface area contributed by atoms with Gasteiger partial charge >= 0.3 is 5.97 Å². The number of likely N-dealkylation sites (N-methyl/N-ethyl adjacent to an activating group) is 1. The molecule has 25 heavy (non-hydrogen) atoms. The first-order valence-corrected chi connectivity index (χ1v) is 7.92. The Labute approximate surface area is 143 Å². The van der Waals surface area contributed by atoms with Crippen molar-refractivity contribution in [2.75, 3.05) is 37.6 Å². The number of nitrogens with zero attached hydrogens (tertiary/aromatic N) is 6. The molecular formula is C15H18N6O4. The Morgan fingerprint density at radius 2 is 1.84 bits per heavy atom. The molecule has 132 valence electrons. The second-order valence-corrected chi connectivity index (χ2v) is 5.66. The standard InChI is InChI=1S/C15H18N6O4/c1-2-18-7-9-19(10-8-18)14-13(15(22)23)16-20(17-14)11-3-5-12(6-4-11)21(24)25/h3-6H,2,7-10H2,1H3,(H,22,23). The van der Waals surface area contributed by atoms with Crippen LogP contribution in [0.5, 0.6) is 0 Å². The number of anilines is 1. The van der Waals surface area contributed by atoms with E-state index in [1.807, 2.05) is 4.90 Å². The summed E-state index contributed by atoms with van der Waals surface area (Å²) < 4.78 is 0. The van der Waals surface area contributed by atoms with Crippen molar-refractivity contribution in [3.8, 4) is 5.69 Å². The number of hydrogen-bond donors (Lipinski definition) is 1. The first-order chi connectivity index (χ1) is 12.0. The van der Waals surface area contributed by atoms with Gasteiger partial charge in [-0.2, -0.15) is 0 Å². The summed E-state index contributed by atoms with van der Waals surface area (Å²) >= 11 is 0. The molecular weight excluding hydrogens is 328 g/mol. The quantitative estimate of drug-likeness (QED) is 0.630. The number of carboxylic acid groups (broad SMARTS) is 1. The van der Waals surface area contributed by atoms with Gasteiger partial charge in [0.05, 0.1) is 10.6 Å². The minimum absolute atomic E-state index is 0.0507. The van der Waals surface area contributed by atoms with Crippen LogP contribution in [-0.2, 0) is 0 Å². The SMILES string of the molecule is CCN1CCN(c2nn(-c3ccc([N+](=O)[O-])cc3)nc2C(=O)O)CC1. The van der Waals surface area contributed by atoms with E-state index in [0.29, 0.717) is 24.6 Å². The van der Waals surface area contributed by atoms with E-state index in [2.05, 4.69) is 22.0 Å². The van der Waals surface area contributed by atoms with Crippen LogP contribution in [0.25, 0.3) is 5.69 Å². The van der Waals surface area contributed by atoms with Crippen LogP contribution < -0.4 is 4.90 Å². The number of aromatic carboxylic acids is 1. The molecule has 1 aliphatic rings. The van der Waals surface area contributed by atoms with Crippen LogP contribution in [0.4, 0.5) is 11.5 Å². The molecule has 1 fully saturated rings. The van der Waals surface area contributed by atoms with E-state index in [0.717, 1.165) is 19.6 Å². The summed E-state index contributed by atoms with van der Waals surface area (Å²) in [7, 11) is 0. The number of carbonyl (C=O) groups is 1. The largest absolute Gasteiger partial charge is 0.476 e. The van der Waals surface area contributed by atoms with E-state index in [1.165, 1.54) is 29.1 Å². The highest BCUT2D eigenvalue weighted by atomic mass is 16.6. The molecule has 1 aliphatic heterocycles. The highest BCUT2D eigenvalue weighted by Gasteiger charge is 2.26. The molecule has 1 aromatic heterocycles. The van der Waals surface area contributed by atoms with Crippen LogP contribution in [0.3, 0.4) is 0 Å². The summed E-state index contributed by atoms with van der Waals surface area (Å²) in [5.41, 5.74) is 0.292. The Morgan fingerprint density at radius 3 is 2.36 bits per heavy atom. The summed E-state index contributed by atoms with van der Waals surface area (Å²) in [6.45, 7) is 6.05. The topological polar surface area (TPSA) is 118 Å². The molecule has 1 saturated heterocycles. The van der Waals surface area contributed by atoms with Crippen LogP contribution in [-0.4, -0.2) is 68.6 Å². The molecule has 10 nitrogen and oxygen atoms in total. The fourth-order valence-electron chi connectivity index (χ4n) is 2.75. The third kappa shape index (κ3) is 3.43. The molecule has 0 unspecified atom stereocenters. The van der Waals surface area contributed by atoms with Crippen LogP contribution in [0.2, 0.25) is 0 Å². The number of piperazine rings is 1. The number of rotatable bonds is 5. The van der Waals surface area contributed by atoms with E-state index >= 15 is 0 Å². The van der Waals surface area contributed by atoms with Crippen molar-refractivity contribution in [1.82, 2.24) is 19.9 Å². The van der Waals surface area contributed by atoms with E-state index in [-0.39, 0.29) is 11.4 Å². The number of hydrogen-bond acceptors (Lipinski definition) is 7. The summed E-state index contributed by atoms with van der Waals surface area (Å²) in [5, 5.41) is 28.5. The minimum Gasteiger partial charge on any atom is -0.476 e. The van der Waals surface area contributed by atoms with E-state index < -0.39 is 10.9 Å². The average molecular weight is 346 g/mol. The summed E-state index contributed by atoms with van der Waals surface area (Å²) in [6, 6.07) is 5.64. The number of non-ortho nitro benzene ring substituents is 1. The van der Waals surface area contributed by atoms with Gasteiger partial charge in [0.25, 0.3) is 5.69 Å². The van der Waals surface area contributed by atoms with Gasteiger partial charge in [0.1, 0.15) is 0 Å². The third-order valence-electron chi connectivity index (χ3n) is 4.21. The lowest BCUT2D eigenvalue weighted by Gasteiger charge is -2.34. The predicted octanol–water partition coefficient (Wildman–Crippen LogP) is 1.02. The minimum atomic E-state index is -1.15. The van der Waals surface area contributed by atoms with Gasteiger partial charge in [0.2, 0.25) is 5.69 Å². The summed E-state index contributed by atoms with van der Waals surface area (Å²) in [4.78, 5) is 27.2. The lowest BCUT2D eigenvalue weighted by molar-refractivity contribution is -0.384. The van der Waals surface area contributed by atoms with Gasteiger partial charge in [-0.3, -0.25) is 10.1 Å². The Bertz CT molecular complexity index is 780. The van der Waals surface area contributed by atoms with Gasteiger partial charge in [0.15, 0.2) is 5.82 Å². The first-order valence-electron chi connectivity index (χ1n) is 7.92. The highest BCUT2D eigenvalue weighted by Crippen LogP contribution is 2.21.